The molecule has 2 aliphatic rings. The molecule has 0 saturated carbocycles. The Morgan fingerprint density at radius 3 is 2.90 bits per heavy atom. The van der Waals surface area contributed by atoms with Gasteiger partial charge in [0.15, 0.2) is 0 Å². The van der Waals surface area contributed by atoms with Crippen LogP contribution in [0.3, 0.4) is 0 Å². The van der Waals surface area contributed by atoms with Gasteiger partial charge in [0, 0.05) is 50.7 Å². The first-order valence-electron chi connectivity index (χ1n) is 9.83. The SMILES string of the molecule is CNc1ncc2c(n1)N1CCCC1CN(c1cccc(-c3nn(C)c(=O)o3)c1)C2=O. The molecule has 10 nitrogen and oxygen atoms in total. The number of aromatic nitrogens is 4. The van der Waals surface area contributed by atoms with E-state index in [1.807, 2.05) is 18.2 Å². The highest BCUT2D eigenvalue weighted by molar-refractivity contribution is 6.10. The lowest BCUT2D eigenvalue weighted by Gasteiger charge is -2.27. The zero-order chi connectivity index (χ0) is 20.8. The first-order chi connectivity index (χ1) is 14.5. The summed E-state index contributed by atoms with van der Waals surface area (Å²) in [7, 11) is 3.29. The van der Waals surface area contributed by atoms with Crippen LogP contribution in [0, 0.1) is 0 Å². The molecule has 3 aromatic rings. The Kier molecular flexibility index (Phi) is 4.27. The van der Waals surface area contributed by atoms with Gasteiger partial charge in [-0.2, -0.15) is 9.67 Å². The van der Waals surface area contributed by atoms with Gasteiger partial charge in [0.2, 0.25) is 11.8 Å². The Balaban J connectivity index is 1.58. The van der Waals surface area contributed by atoms with Crippen molar-refractivity contribution in [2.24, 2.45) is 7.05 Å². The second-order valence-corrected chi connectivity index (χ2v) is 7.43. The third kappa shape index (κ3) is 2.92. The number of rotatable bonds is 3. The predicted octanol–water partition coefficient (Wildman–Crippen LogP) is 1.50. The summed E-state index contributed by atoms with van der Waals surface area (Å²) in [6.07, 6.45) is 3.62. The first-order valence-corrected chi connectivity index (χ1v) is 9.83. The van der Waals surface area contributed by atoms with E-state index in [4.69, 9.17) is 4.42 Å². The van der Waals surface area contributed by atoms with Gasteiger partial charge < -0.3 is 19.5 Å². The van der Waals surface area contributed by atoms with Crippen LogP contribution >= 0.6 is 0 Å². The van der Waals surface area contributed by atoms with Gasteiger partial charge in [0.05, 0.1) is 0 Å². The summed E-state index contributed by atoms with van der Waals surface area (Å²) >= 11 is 0. The van der Waals surface area contributed by atoms with E-state index >= 15 is 0 Å². The quantitative estimate of drug-likeness (QED) is 0.696. The highest BCUT2D eigenvalue weighted by Crippen LogP contribution is 2.34. The first kappa shape index (κ1) is 18.3. The summed E-state index contributed by atoms with van der Waals surface area (Å²) in [6.45, 7) is 1.40. The molecule has 10 heteroatoms. The molecule has 0 bridgehead atoms. The van der Waals surface area contributed by atoms with Gasteiger partial charge >= 0.3 is 5.76 Å². The number of fused-ring (bicyclic) bond motifs is 3. The van der Waals surface area contributed by atoms with Gasteiger partial charge in [-0.15, -0.1) is 5.10 Å². The van der Waals surface area contributed by atoms with Crippen LogP contribution in [0.15, 0.2) is 39.7 Å². The molecular weight excluding hydrogens is 386 g/mol. The Hall–Kier alpha value is -3.69. The molecule has 1 aromatic carbocycles. The molecule has 1 N–H and O–H groups in total. The third-order valence-corrected chi connectivity index (χ3v) is 5.60. The molecule has 1 unspecified atom stereocenters. The van der Waals surface area contributed by atoms with E-state index in [9.17, 15) is 9.59 Å². The third-order valence-electron chi connectivity index (χ3n) is 5.60. The molecule has 2 aliphatic heterocycles. The topological polar surface area (TPSA) is 109 Å². The van der Waals surface area contributed by atoms with Gasteiger partial charge in [-0.25, -0.2) is 9.78 Å². The van der Waals surface area contributed by atoms with Crippen molar-refractivity contribution in [1.29, 1.82) is 0 Å². The van der Waals surface area contributed by atoms with E-state index in [1.165, 1.54) is 7.05 Å². The van der Waals surface area contributed by atoms with Crippen LogP contribution in [-0.2, 0) is 7.05 Å². The Morgan fingerprint density at radius 1 is 1.27 bits per heavy atom. The summed E-state index contributed by atoms with van der Waals surface area (Å²) in [4.78, 5) is 37.9. The number of aryl methyl sites for hydroxylation is 1. The number of benzene rings is 1. The molecule has 0 aliphatic carbocycles. The van der Waals surface area contributed by atoms with Crippen LogP contribution in [0.1, 0.15) is 23.2 Å². The molecule has 30 heavy (non-hydrogen) atoms. The van der Waals surface area contributed by atoms with Gasteiger partial charge in [-0.05, 0) is 31.0 Å². The molecule has 0 radical (unpaired) electrons. The standard InChI is InChI=1S/C20H21N7O3/c1-21-19-22-10-15-16(23-19)26-8-4-7-14(26)11-27(18(15)28)13-6-3-5-12(9-13)17-24-25(2)20(29)30-17/h3,5-6,9-10,14H,4,7-8,11H2,1-2H3,(H,21,22,23). The number of anilines is 3. The second kappa shape index (κ2) is 6.97. The monoisotopic (exact) mass is 407 g/mol. The lowest BCUT2D eigenvalue weighted by Crippen LogP contribution is -2.39. The van der Waals surface area contributed by atoms with Crippen LogP contribution < -0.4 is 20.9 Å². The number of nitrogens with zero attached hydrogens (tertiary/aromatic N) is 6. The van der Waals surface area contributed by atoms with Gasteiger partial charge in [-0.1, -0.05) is 6.07 Å². The fraction of sp³-hybridized carbons (Fsp3) is 0.350. The number of amides is 1. The largest absolute Gasteiger partial charge is 0.437 e. The molecule has 154 valence electrons. The zero-order valence-electron chi connectivity index (χ0n) is 16.7. The number of hydrogen-bond acceptors (Lipinski definition) is 8. The van der Waals surface area contributed by atoms with Crippen LogP contribution in [0.4, 0.5) is 17.5 Å². The highest BCUT2D eigenvalue weighted by Gasteiger charge is 2.37. The smallest absolute Gasteiger partial charge is 0.388 e. The lowest BCUT2D eigenvalue weighted by molar-refractivity contribution is 0.0988. The number of carbonyl (C=O) groups is 1. The minimum Gasteiger partial charge on any atom is -0.388 e. The summed E-state index contributed by atoms with van der Waals surface area (Å²) in [6, 6.07) is 7.48. The molecule has 2 aromatic heterocycles. The Morgan fingerprint density at radius 2 is 2.13 bits per heavy atom. The average molecular weight is 407 g/mol. The van der Waals surface area contributed by atoms with Crippen molar-refractivity contribution < 1.29 is 9.21 Å². The molecule has 1 atom stereocenters. The number of hydrogen-bond donors (Lipinski definition) is 1. The average Bonchev–Trinajstić information content (AvgIpc) is 3.34. The number of nitrogens with one attached hydrogen (secondary N) is 1. The van der Waals surface area contributed by atoms with Gasteiger partial charge in [0.25, 0.3) is 5.91 Å². The van der Waals surface area contributed by atoms with Crippen LogP contribution in [0.5, 0.6) is 0 Å². The summed E-state index contributed by atoms with van der Waals surface area (Å²) in [5.74, 6) is 0.705. The lowest BCUT2D eigenvalue weighted by atomic mass is 10.1. The molecule has 5 rings (SSSR count). The van der Waals surface area contributed by atoms with Gasteiger partial charge in [0.1, 0.15) is 11.4 Å². The van der Waals surface area contributed by atoms with E-state index in [2.05, 4.69) is 25.3 Å². The zero-order valence-corrected chi connectivity index (χ0v) is 16.7. The molecular formula is C20H21N7O3. The van der Waals surface area contributed by atoms with Crippen LogP contribution in [0.2, 0.25) is 0 Å². The van der Waals surface area contributed by atoms with E-state index in [-0.39, 0.29) is 17.8 Å². The Labute approximate surface area is 172 Å². The normalized spacial score (nSPS) is 18.2. The van der Waals surface area contributed by atoms with Crippen molar-refractivity contribution in [1.82, 2.24) is 19.7 Å². The van der Waals surface area contributed by atoms with E-state index in [0.717, 1.165) is 24.1 Å². The summed E-state index contributed by atoms with van der Waals surface area (Å²) in [5, 5.41) is 7.06. The van der Waals surface area contributed by atoms with Crippen LogP contribution in [0.25, 0.3) is 11.5 Å². The van der Waals surface area contributed by atoms with Crippen molar-refractivity contribution in [2.75, 3.05) is 35.3 Å². The minimum absolute atomic E-state index is 0.151. The predicted molar refractivity (Wildman–Crippen MR) is 111 cm³/mol. The van der Waals surface area contributed by atoms with Crippen molar-refractivity contribution in [3.05, 3.63) is 46.6 Å². The van der Waals surface area contributed by atoms with E-state index < -0.39 is 5.76 Å². The highest BCUT2D eigenvalue weighted by atomic mass is 16.4. The fourth-order valence-corrected chi connectivity index (χ4v) is 4.10. The molecule has 4 heterocycles. The summed E-state index contributed by atoms with van der Waals surface area (Å²) in [5.41, 5.74) is 1.82. The number of carbonyl (C=O) groups excluding carboxylic acids is 1. The minimum atomic E-state index is -0.533. The summed E-state index contributed by atoms with van der Waals surface area (Å²) < 4.78 is 6.34. The molecule has 0 spiro atoms. The molecule has 1 saturated heterocycles. The van der Waals surface area contributed by atoms with Gasteiger partial charge in [-0.3, -0.25) is 4.79 Å². The van der Waals surface area contributed by atoms with E-state index in [1.54, 1.807) is 24.2 Å². The molecule has 1 amide bonds. The second-order valence-electron chi connectivity index (χ2n) is 7.43. The van der Waals surface area contributed by atoms with Crippen molar-refractivity contribution in [3.8, 4) is 11.5 Å². The maximum Gasteiger partial charge on any atom is 0.437 e. The van der Waals surface area contributed by atoms with Crippen molar-refractivity contribution in [3.63, 3.8) is 0 Å². The Bertz CT molecular complexity index is 1190. The maximum absolute atomic E-state index is 13.5. The molecule has 1 fully saturated rings. The van der Waals surface area contributed by atoms with Crippen molar-refractivity contribution in [2.45, 2.75) is 18.9 Å². The maximum atomic E-state index is 13.5. The fourth-order valence-electron chi connectivity index (χ4n) is 4.10. The van der Waals surface area contributed by atoms with Crippen molar-refractivity contribution >= 4 is 23.4 Å². The van der Waals surface area contributed by atoms with Crippen LogP contribution in [-0.4, -0.2) is 51.8 Å². The van der Waals surface area contributed by atoms with E-state index in [0.29, 0.717) is 35.1 Å².